The van der Waals surface area contributed by atoms with Crippen molar-refractivity contribution in [2.24, 2.45) is 0 Å². The highest BCUT2D eigenvalue weighted by molar-refractivity contribution is 7.14. The number of alkyl halides is 3. The van der Waals surface area contributed by atoms with Gasteiger partial charge in [-0.05, 0) is 24.3 Å². The van der Waals surface area contributed by atoms with Gasteiger partial charge in [-0.25, -0.2) is 4.98 Å². The number of benzene rings is 2. The summed E-state index contributed by atoms with van der Waals surface area (Å²) in [5.41, 5.74) is 1.95. The summed E-state index contributed by atoms with van der Waals surface area (Å²) in [5.74, 6) is 1.17. The molecule has 1 aromatic heterocycles. The molecule has 3 rings (SSSR count). The first-order valence-electron chi connectivity index (χ1n) is 8.21. The average Bonchev–Trinajstić information content (AvgIpc) is 3.14. The van der Waals surface area contributed by atoms with Crippen molar-refractivity contribution >= 4 is 22.2 Å². The van der Waals surface area contributed by atoms with Crippen LogP contribution in [0.4, 0.5) is 24.0 Å². The first kappa shape index (κ1) is 20.6. The SMILES string of the molecule is COc1cc(Nc2nc(-c3ccc(OC(F)(F)F)cc3)cs2)cc(OC)c1OC. The van der Waals surface area contributed by atoms with Gasteiger partial charge < -0.3 is 24.3 Å². The van der Waals surface area contributed by atoms with E-state index < -0.39 is 6.36 Å². The number of anilines is 2. The molecular formula is C19H17F3N2O4S. The van der Waals surface area contributed by atoms with Crippen LogP contribution < -0.4 is 24.3 Å². The molecule has 0 atom stereocenters. The molecule has 0 bridgehead atoms. The highest BCUT2D eigenvalue weighted by Gasteiger charge is 2.31. The summed E-state index contributed by atoms with van der Waals surface area (Å²) in [6, 6.07) is 9.00. The molecule has 0 saturated carbocycles. The summed E-state index contributed by atoms with van der Waals surface area (Å²) in [6.07, 6.45) is -4.72. The number of hydrogen-bond donors (Lipinski definition) is 1. The van der Waals surface area contributed by atoms with Crippen LogP contribution in [-0.2, 0) is 0 Å². The Morgan fingerprint density at radius 1 is 0.931 bits per heavy atom. The van der Waals surface area contributed by atoms with Gasteiger partial charge in [-0.2, -0.15) is 0 Å². The van der Waals surface area contributed by atoms with E-state index >= 15 is 0 Å². The van der Waals surface area contributed by atoms with E-state index in [0.29, 0.717) is 39.3 Å². The number of hydrogen-bond acceptors (Lipinski definition) is 7. The van der Waals surface area contributed by atoms with E-state index in [4.69, 9.17) is 14.2 Å². The number of nitrogens with zero attached hydrogens (tertiary/aromatic N) is 1. The van der Waals surface area contributed by atoms with Gasteiger partial charge in [0, 0.05) is 28.8 Å². The van der Waals surface area contributed by atoms with Gasteiger partial charge >= 0.3 is 6.36 Å². The Morgan fingerprint density at radius 2 is 1.55 bits per heavy atom. The second-order valence-corrected chi connectivity index (χ2v) is 6.51. The van der Waals surface area contributed by atoms with Crippen LogP contribution >= 0.6 is 11.3 Å². The Kier molecular flexibility index (Phi) is 6.02. The zero-order valence-electron chi connectivity index (χ0n) is 15.7. The van der Waals surface area contributed by atoms with Gasteiger partial charge in [0.05, 0.1) is 27.0 Å². The first-order chi connectivity index (χ1) is 13.8. The molecule has 0 saturated heterocycles. The number of nitrogens with one attached hydrogen (secondary N) is 1. The summed E-state index contributed by atoms with van der Waals surface area (Å²) in [4.78, 5) is 4.47. The van der Waals surface area contributed by atoms with Crippen LogP contribution in [0.1, 0.15) is 0 Å². The lowest BCUT2D eigenvalue weighted by Gasteiger charge is -2.14. The summed E-state index contributed by atoms with van der Waals surface area (Å²) >= 11 is 1.34. The van der Waals surface area contributed by atoms with E-state index in [1.165, 1.54) is 56.9 Å². The Hall–Kier alpha value is -3.14. The van der Waals surface area contributed by atoms with E-state index in [0.717, 1.165) is 0 Å². The van der Waals surface area contributed by atoms with Crippen LogP contribution in [0.2, 0.25) is 0 Å². The highest BCUT2D eigenvalue weighted by atomic mass is 32.1. The van der Waals surface area contributed by atoms with E-state index in [-0.39, 0.29) is 5.75 Å². The summed E-state index contributed by atoms with van der Waals surface area (Å²) < 4.78 is 56.6. The van der Waals surface area contributed by atoms with Gasteiger partial charge in [0.25, 0.3) is 0 Å². The second-order valence-electron chi connectivity index (χ2n) is 5.65. The molecule has 0 radical (unpaired) electrons. The van der Waals surface area contributed by atoms with E-state index in [2.05, 4.69) is 15.0 Å². The molecule has 0 spiro atoms. The molecule has 0 aliphatic heterocycles. The maximum absolute atomic E-state index is 12.3. The van der Waals surface area contributed by atoms with Crippen molar-refractivity contribution in [1.29, 1.82) is 0 Å². The van der Waals surface area contributed by atoms with Crippen LogP contribution in [0.15, 0.2) is 41.8 Å². The minimum Gasteiger partial charge on any atom is -0.493 e. The molecule has 0 unspecified atom stereocenters. The van der Waals surface area contributed by atoms with Crippen LogP contribution in [0, 0.1) is 0 Å². The number of aromatic nitrogens is 1. The van der Waals surface area contributed by atoms with E-state index in [1.807, 2.05) is 0 Å². The van der Waals surface area contributed by atoms with Crippen LogP contribution in [0.3, 0.4) is 0 Å². The zero-order valence-corrected chi connectivity index (χ0v) is 16.5. The molecule has 0 aliphatic carbocycles. The third kappa shape index (κ3) is 5.02. The smallest absolute Gasteiger partial charge is 0.493 e. The van der Waals surface area contributed by atoms with Crippen molar-refractivity contribution in [3.63, 3.8) is 0 Å². The van der Waals surface area contributed by atoms with E-state index in [9.17, 15) is 13.2 Å². The normalized spacial score (nSPS) is 11.1. The topological polar surface area (TPSA) is 61.8 Å². The molecule has 1 N–H and O–H groups in total. The quantitative estimate of drug-likeness (QED) is 0.540. The summed E-state index contributed by atoms with van der Waals surface area (Å²) in [5, 5.41) is 5.54. The molecule has 0 amide bonds. The van der Waals surface area contributed by atoms with Gasteiger partial charge in [0.2, 0.25) is 5.75 Å². The van der Waals surface area contributed by atoms with Crippen LogP contribution in [0.25, 0.3) is 11.3 Å². The van der Waals surface area contributed by atoms with Crippen molar-refractivity contribution < 1.29 is 32.1 Å². The fraction of sp³-hybridized carbons (Fsp3) is 0.211. The van der Waals surface area contributed by atoms with Gasteiger partial charge in [0.15, 0.2) is 16.6 Å². The Balaban J connectivity index is 1.79. The van der Waals surface area contributed by atoms with Crippen molar-refractivity contribution in [3.8, 4) is 34.3 Å². The zero-order chi connectivity index (χ0) is 21.0. The predicted octanol–water partition coefficient (Wildman–Crippen LogP) is 5.48. The molecule has 154 valence electrons. The number of halogens is 3. The fourth-order valence-electron chi connectivity index (χ4n) is 2.57. The molecule has 29 heavy (non-hydrogen) atoms. The van der Waals surface area contributed by atoms with Crippen molar-refractivity contribution in [2.45, 2.75) is 6.36 Å². The lowest BCUT2D eigenvalue weighted by molar-refractivity contribution is -0.274. The molecule has 2 aromatic carbocycles. The summed E-state index contributed by atoms with van der Waals surface area (Å²) in [6.45, 7) is 0. The molecule has 10 heteroatoms. The van der Waals surface area contributed by atoms with Gasteiger partial charge in [-0.15, -0.1) is 24.5 Å². The molecule has 6 nitrogen and oxygen atoms in total. The maximum Gasteiger partial charge on any atom is 0.573 e. The van der Waals surface area contributed by atoms with Crippen LogP contribution in [0.5, 0.6) is 23.0 Å². The molecule has 0 aliphatic rings. The highest BCUT2D eigenvalue weighted by Crippen LogP contribution is 2.41. The average molecular weight is 426 g/mol. The predicted molar refractivity (Wildman–Crippen MR) is 104 cm³/mol. The third-order valence-corrected chi connectivity index (χ3v) is 4.56. The third-order valence-electron chi connectivity index (χ3n) is 3.80. The molecule has 0 fully saturated rings. The lowest BCUT2D eigenvalue weighted by Crippen LogP contribution is -2.16. The number of ether oxygens (including phenoxy) is 4. The minimum absolute atomic E-state index is 0.285. The second kappa shape index (κ2) is 8.48. The van der Waals surface area contributed by atoms with Crippen molar-refractivity contribution in [1.82, 2.24) is 4.98 Å². The fourth-order valence-corrected chi connectivity index (χ4v) is 3.31. The van der Waals surface area contributed by atoms with E-state index in [1.54, 1.807) is 17.5 Å². The van der Waals surface area contributed by atoms with Crippen molar-refractivity contribution in [2.75, 3.05) is 26.6 Å². The minimum atomic E-state index is -4.72. The Morgan fingerprint density at radius 3 is 2.07 bits per heavy atom. The monoisotopic (exact) mass is 426 g/mol. The number of thiazole rings is 1. The maximum atomic E-state index is 12.3. The van der Waals surface area contributed by atoms with Gasteiger partial charge in [0.1, 0.15) is 5.75 Å². The molecule has 3 aromatic rings. The summed E-state index contributed by atoms with van der Waals surface area (Å²) in [7, 11) is 4.56. The number of rotatable bonds is 7. The Labute approximate surface area is 168 Å². The van der Waals surface area contributed by atoms with Gasteiger partial charge in [-0.1, -0.05) is 0 Å². The molecular weight excluding hydrogens is 409 g/mol. The van der Waals surface area contributed by atoms with Crippen LogP contribution in [-0.4, -0.2) is 32.7 Å². The molecule has 1 heterocycles. The lowest BCUT2D eigenvalue weighted by atomic mass is 10.2. The largest absolute Gasteiger partial charge is 0.573 e. The Bertz CT molecular complexity index is 949. The van der Waals surface area contributed by atoms with Gasteiger partial charge in [-0.3, -0.25) is 0 Å². The standard InChI is InChI=1S/C19H17F3N2O4S/c1-25-15-8-12(9-16(26-2)17(15)27-3)23-18-24-14(10-29-18)11-4-6-13(7-5-11)28-19(20,21)22/h4-10H,1-3H3,(H,23,24). The van der Waals surface area contributed by atoms with Crippen molar-refractivity contribution in [3.05, 3.63) is 41.8 Å². The first-order valence-corrected chi connectivity index (χ1v) is 9.09. The number of methoxy groups -OCH3 is 3.